The van der Waals surface area contributed by atoms with Crippen LogP contribution in [-0.4, -0.2) is 72.2 Å². The van der Waals surface area contributed by atoms with Gasteiger partial charge in [-0.25, -0.2) is 4.39 Å². The van der Waals surface area contributed by atoms with Gasteiger partial charge in [-0.3, -0.25) is 14.2 Å². The molecule has 0 radical (unpaired) electrons. The Kier molecular flexibility index (Phi) is 11.0. The van der Waals surface area contributed by atoms with Gasteiger partial charge in [0.05, 0.1) is 24.1 Å². The molecular formula is C39H38FN2NaO5. The Bertz CT molecular complexity index is 2110. The third-order valence-corrected chi connectivity index (χ3v) is 8.68. The van der Waals surface area contributed by atoms with Crippen molar-refractivity contribution in [3.05, 3.63) is 125 Å². The summed E-state index contributed by atoms with van der Waals surface area (Å²) in [5.74, 6) is -1.52. The Labute approximate surface area is 300 Å². The molecular weight excluding hydrogens is 618 g/mol. The molecule has 0 aliphatic rings. The molecule has 6 aromatic rings. The molecule has 0 saturated heterocycles. The van der Waals surface area contributed by atoms with E-state index in [1.807, 2.05) is 97.3 Å². The normalized spacial score (nSPS) is 12.7. The number of aliphatic hydroxyl groups excluding tert-OH is 2. The molecule has 2 atom stereocenters. The van der Waals surface area contributed by atoms with E-state index in [1.165, 1.54) is 12.1 Å². The van der Waals surface area contributed by atoms with Crippen LogP contribution in [0.2, 0.25) is 0 Å². The number of para-hydroxylation sites is 1. The van der Waals surface area contributed by atoms with E-state index in [0.29, 0.717) is 11.9 Å². The predicted octanol–water partition coefficient (Wildman–Crippen LogP) is 6.87. The van der Waals surface area contributed by atoms with Crippen molar-refractivity contribution in [1.29, 1.82) is 0 Å². The number of carbonyl (C=O) groups is 1. The van der Waals surface area contributed by atoms with E-state index in [0.717, 1.165) is 49.9 Å². The van der Waals surface area contributed by atoms with Crippen molar-refractivity contribution in [1.82, 2.24) is 9.13 Å². The zero-order valence-electron chi connectivity index (χ0n) is 26.3. The summed E-state index contributed by atoms with van der Waals surface area (Å²) in [6.45, 7) is 4.00. The van der Waals surface area contributed by atoms with Crippen LogP contribution in [-0.2, 0) is 11.2 Å². The van der Waals surface area contributed by atoms with Gasteiger partial charge in [-0.2, -0.15) is 0 Å². The van der Waals surface area contributed by atoms with Gasteiger partial charge in [-0.15, -0.1) is 0 Å². The van der Waals surface area contributed by atoms with E-state index in [-0.39, 0.29) is 59.8 Å². The Morgan fingerprint density at radius 2 is 1.40 bits per heavy atom. The number of hydrogen-bond acceptors (Lipinski definition) is 4. The van der Waals surface area contributed by atoms with Gasteiger partial charge in [0.1, 0.15) is 11.3 Å². The van der Waals surface area contributed by atoms with E-state index in [4.69, 9.17) is 5.11 Å². The number of pyridine rings is 1. The number of benzene rings is 4. The molecule has 4 aromatic carbocycles. The first kappa shape index (κ1) is 35.3. The third-order valence-electron chi connectivity index (χ3n) is 8.68. The van der Waals surface area contributed by atoms with Gasteiger partial charge < -0.3 is 19.9 Å². The number of carboxylic acid groups (broad SMARTS) is 1. The molecule has 2 aromatic heterocycles. The zero-order valence-corrected chi connectivity index (χ0v) is 26.3. The maximum atomic E-state index is 14.8. The Morgan fingerprint density at radius 3 is 2.04 bits per heavy atom. The van der Waals surface area contributed by atoms with Crippen LogP contribution in [0.3, 0.4) is 0 Å². The van der Waals surface area contributed by atoms with Gasteiger partial charge in [0.2, 0.25) is 0 Å². The first-order chi connectivity index (χ1) is 22.6. The Morgan fingerprint density at radius 1 is 0.792 bits per heavy atom. The monoisotopic (exact) mass is 656 g/mol. The number of hydrogen-bond donors (Lipinski definition) is 3. The first-order valence-electron chi connectivity index (χ1n) is 15.8. The molecule has 0 fully saturated rings. The van der Waals surface area contributed by atoms with E-state index in [2.05, 4.69) is 0 Å². The van der Waals surface area contributed by atoms with E-state index in [9.17, 15) is 24.2 Å². The fraction of sp³-hybridized carbons (Fsp3) is 0.231. The average molecular weight is 657 g/mol. The van der Waals surface area contributed by atoms with Crippen LogP contribution in [0.5, 0.6) is 0 Å². The number of aliphatic carboxylic acids is 1. The number of aliphatic hydroxyl groups is 2. The minimum atomic E-state index is -1.18. The second-order valence-electron chi connectivity index (χ2n) is 12.3. The fourth-order valence-corrected chi connectivity index (χ4v) is 6.66. The molecule has 0 unspecified atom stereocenters. The SMILES string of the molecule is CC(C)n1c(CC[C@@H](O)C[C@@H](O)CC(=O)O)c(-c2ccc(F)cc2)c2c3ccccc3n(-c3ccc(-c4ccccc4)cc3)c(=O)c21.[NaH]. The van der Waals surface area contributed by atoms with Gasteiger partial charge in [-0.05, 0) is 80.1 Å². The van der Waals surface area contributed by atoms with Gasteiger partial charge in [0, 0.05) is 33.8 Å². The number of fused-ring (bicyclic) bond motifs is 3. The second kappa shape index (κ2) is 15.0. The van der Waals surface area contributed by atoms with Gasteiger partial charge in [-0.1, -0.05) is 72.8 Å². The molecule has 0 amide bonds. The molecule has 7 nitrogen and oxygen atoms in total. The van der Waals surface area contributed by atoms with Gasteiger partial charge >= 0.3 is 35.5 Å². The van der Waals surface area contributed by atoms with Crippen molar-refractivity contribution in [2.75, 3.05) is 0 Å². The molecule has 242 valence electrons. The molecule has 0 spiro atoms. The zero-order chi connectivity index (χ0) is 33.2. The molecule has 2 heterocycles. The number of nitrogens with zero attached hydrogens (tertiary/aromatic N) is 2. The summed E-state index contributed by atoms with van der Waals surface area (Å²) in [5.41, 5.74) is 6.17. The van der Waals surface area contributed by atoms with Crippen LogP contribution in [0, 0.1) is 5.82 Å². The van der Waals surface area contributed by atoms with Crippen LogP contribution in [0.15, 0.2) is 108 Å². The predicted molar refractivity (Wildman–Crippen MR) is 191 cm³/mol. The van der Waals surface area contributed by atoms with E-state index >= 15 is 0 Å². The average Bonchev–Trinajstić information content (AvgIpc) is 3.40. The van der Waals surface area contributed by atoms with E-state index < -0.39 is 24.6 Å². The summed E-state index contributed by atoms with van der Waals surface area (Å²) in [4.78, 5) is 25.9. The molecule has 9 heteroatoms. The summed E-state index contributed by atoms with van der Waals surface area (Å²) in [7, 11) is 0. The summed E-state index contributed by atoms with van der Waals surface area (Å²) < 4.78 is 17.9. The number of halogens is 1. The molecule has 0 bridgehead atoms. The summed E-state index contributed by atoms with van der Waals surface area (Å²) in [5, 5.41) is 31.6. The Hall–Kier alpha value is -4.05. The summed E-state index contributed by atoms with van der Waals surface area (Å²) in [6, 6.07) is 31.7. The summed E-state index contributed by atoms with van der Waals surface area (Å²) >= 11 is 0. The topological polar surface area (TPSA) is 105 Å². The standard InChI is InChI=1S/C39H37FN2O5.Na.H/c1-24(2)41-34(21-20-30(43)22-31(44)23-35(45)46)36(27-12-16-28(40)17-13-27)37-32-10-6-7-11-33(32)42(39(47)38(37)41)29-18-14-26(15-19-29)25-8-4-3-5-9-25;;/h3-19,24,30-31,43-44H,20-23H2,1-2H3,(H,45,46);;/t30-,31-;;/m1../s1. The molecule has 0 saturated carbocycles. The van der Waals surface area contributed by atoms with Crippen LogP contribution in [0.25, 0.3) is 49.7 Å². The van der Waals surface area contributed by atoms with Crippen molar-refractivity contribution in [2.24, 2.45) is 0 Å². The summed E-state index contributed by atoms with van der Waals surface area (Å²) in [6.07, 6.45) is -2.14. The Balaban J connectivity index is 0.00000451. The maximum absolute atomic E-state index is 14.8. The van der Waals surface area contributed by atoms with Crippen LogP contribution < -0.4 is 5.56 Å². The van der Waals surface area contributed by atoms with Crippen molar-refractivity contribution < 1.29 is 24.5 Å². The van der Waals surface area contributed by atoms with Crippen LogP contribution in [0.4, 0.5) is 4.39 Å². The van der Waals surface area contributed by atoms with Gasteiger partial charge in [0.15, 0.2) is 0 Å². The molecule has 0 aliphatic carbocycles. The molecule has 0 aliphatic heterocycles. The minimum absolute atomic E-state index is 0. The number of carboxylic acids is 1. The molecule has 6 rings (SSSR count). The second-order valence-corrected chi connectivity index (χ2v) is 12.3. The third kappa shape index (κ3) is 7.04. The van der Waals surface area contributed by atoms with E-state index in [1.54, 1.807) is 16.7 Å². The van der Waals surface area contributed by atoms with Crippen molar-refractivity contribution in [3.63, 3.8) is 0 Å². The van der Waals surface area contributed by atoms with Crippen molar-refractivity contribution in [2.45, 2.75) is 57.8 Å². The number of aromatic nitrogens is 2. The van der Waals surface area contributed by atoms with Gasteiger partial charge in [0.25, 0.3) is 5.56 Å². The number of rotatable bonds is 11. The quantitative estimate of drug-likeness (QED) is 0.132. The molecule has 48 heavy (non-hydrogen) atoms. The fourth-order valence-electron chi connectivity index (χ4n) is 6.66. The van der Waals surface area contributed by atoms with Crippen molar-refractivity contribution >= 4 is 57.3 Å². The first-order valence-corrected chi connectivity index (χ1v) is 15.8. The van der Waals surface area contributed by atoms with Crippen LogP contribution in [0.1, 0.15) is 44.8 Å². The van der Waals surface area contributed by atoms with Crippen LogP contribution >= 0.6 is 0 Å². The molecule has 3 N–H and O–H groups in total. The van der Waals surface area contributed by atoms with Crippen molar-refractivity contribution in [3.8, 4) is 27.9 Å².